The van der Waals surface area contributed by atoms with Crippen molar-refractivity contribution in [3.63, 3.8) is 0 Å². The average molecular weight is 335 g/mol. The van der Waals surface area contributed by atoms with E-state index in [1.165, 1.54) is 38.5 Å². The summed E-state index contributed by atoms with van der Waals surface area (Å²) in [5, 5.41) is 2.67. The summed E-state index contributed by atoms with van der Waals surface area (Å²) in [4.78, 5) is 0. The Balaban J connectivity index is 1.71. The monoisotopic (exact) mass is 335 g/mol. The summed E-state index contributed by atoms with van der Waals surface area (Å²) in [5.41, 5.74) is 6.58. The molecular formula is C25H21N. The highest BCUT2D eigenvalue weighted by Gasteiger charge is 2.12. The second-order valence-corrected chi connectivity index (χ2v) is 6.96. The lowest BCUT2D eigenvalue weighted by atomic mass is 10.0. The largest absolute Gasteiger partial charge is 0.336 e. The molecule has 1 aliphatic rings. The first-order valence-corrected chi connectivity index (χ1v) is 9.32. The van der Waals surface area contributed by atoms with Gasteiger partial charge < -0.3 is 4.57 Å². The molecule has 0 saturated carbocycles. The van der Waals surface area contributed by atoms with Crippen molar-refractivity contribution in [1.29, 1.82) is 0 Å². The molecule has 1 aromatic heterocycles. The van der Waals surface area contributed by atoms with Gasteiger partial charge in [-0.05, 0) is 47.7 Å². The van der Waals surface area contributed by atoms with E-state index < -0.39 is 0 Å². The number of fused-ring (bicyclic) bond motifs is 3. The van der Waals surface area contributed by atoms with E-state index in [1.54, 1.807) is 0 Å². The predicted octanol–water partition coefficient (Wildman–Crippen LogP) is 6.74. The third-order valence-electron chi connectivity index (χ3n) is 5.29. The molecule has 0 spiro atoms. The van der Waals surface area contributed by atoms with Crippen LogP contribution in [0.25, 0.3) is 32.9 Å². The van der Waals surface area contributed by atoms with Gasteiger partial charge in [-0.3, -0.25) is 0 Å². The molecular weight excluding hydrogens is 314 g/mol. The smallest absolute Gasteiger partial charge is 0.0494 e. The summed E-state index contributed by atoms with van der Waals surface area (Å²) in [6.07, 6.45) is 9.26. The van der Waals surface area contributed by atoms with Crippen LogP contribution in [0.4, 0.5) is 0 Å². The molecule has 0 amide bonds. The summed E-state index contributed by atoms with van der Waals surface area (Å²) in [6, 6.07) is 26.3. The maximum Gasteiger partial charge on any atom is 0.0494 e. The van der Waals surface area contributed by atoms with E-state index in [9.17, 15) is 0 Å². The second kappa shape index (κ2) is 6.34. The number of rotatable bonds is 3. The van der Waals surface area contributed by atoms with Gasteiger partial charge in [-0.2, -0.15) is 0 Å². The van der Waals surface area contributed by atoms with Crippen LogP contribution in [0.1, 0.15) is 12.8 Å². The average Bonchev–Trinajstić information content (AvgIpc) is 3.03. The topological polar surface area (TPSA) is 4.93 Å². The van der Waals surface area contributed by atoms with Crippen molar-refractivity contribution < 1.29 is 0 Å². The molecule has 26 heavy (non-hydrogen) atoms. The minimum atomic E-state index is 0.936. The lowest BCUT2D eigenvalue weighted by molar-refractivity contribution is 0.846. The van der Waals surface area contributed by atoms with Crippen molar-refractivity contribution in [3.8, 4) is 11.1 Å². The Morgan fingerprint density at radius 3 is 2.35 bits per heavy atom. The van der Waals surface area contributed by atoms with Gasteiger partial charge in [0.15, 0.2) is 0 Å². The molecule has 0 fully saturated rings. The number of para-hydroxylation sites is 1. The molecule has 0 radical (unpaired) electrons. The Hall–Kier alpha value is -3.06. The van der Waals surface area contributed by atoms with Crippen molar-refractivity contribution in [1.82, 2.24) is 4.57 Å². The van der Waals surface area contributed by atoms with Crippen LogP contribution in [0, 0.1) is 0 Å². The fourth-order valence-electron chi connectivity index (χ4n) is 4.00. The standard InChI is InChI=1S/C25H21N/c1-3-9-19(10-4-1)18-26-24-14-8-7-13-22(24)23-17-21(15-16-25(23)26)20-11-5-2-6-12-20/h2-3,5-17H,1,4,18H2. The number of benzene rings is 3. The van der Waals surface area contributed by atoms with E-state index in [0.717, 1.165) is 19.4 Å². The quantitative estimate of drug-likeness (QED) is 0.391. The molecule has 4 aromatic rings. The molecule has 1 aliphatic carbocycles. The first-order chi connectivity index (χ1) is 12.9. The maximum absolute atomic E-state index is 2.46. The fraction of sp³-hybridized carbons (Fsp3) is 0.120. The molecule has 1 heterocycles. The highest BCUT2D eigenvalue weighted by atomic mass is 15.0. The van der Waals surface area contributed by atoms with Gasteiger partial charge in [-0.1, -0.05) is 72.8 Å². The van der Waals surface area contributed by atoms with Crippen LogP contribution >= 0.6 is 0 Å². The van der Waals surface area contributed by atoms with Gasteiger partial charge in [0.1, 0.15) is 0 Å². The molecule has 0 N–H and O–H groups in total. The summed E-state index contributed by atoms with van der Waals surface area (Å²) in [5.74, 6) is 0. The normalized spacial score (nSPS) is 14.1. The van der Waals surface area contributed by atoms with E-state index in [-0.39, 0.29) is 0 Å². The van der Waals surface area contributed by atoms with Crippen molar-refractivity contribution in [2.75, 3.05) is 0 Å². The molecule has 0 atom stereocenters. The van der Waals surface area contributed by atoms with E-state index >= 15 is 0 Å². The zero-order chi connectivity index (χ0) is 17.3. The van der Waals surface area contributed by atoms with Crippen LogP contribution in [-0.4, -0.2) is 4.57 Å². The van der Waals surface area contributed by atoms with Gasteiger partial charge in [0.2, 0.25) is 0 Å². The predicted molar refractivity (Wildman–Crippen MR) is 111 cm³/mol. The van der Waals surface area contributed by atoms with E-state index in [0.29, 0.717) is 0 Å². The molecule has 1 nitrogen and oxygen atoms in total. The second-order valence-electron chi connectivity index (χ2n) is 6.96. The van der Waals surface area contributed by atoms with Crippen LogP contribution in [0.15, 0.2) is 96.6 Å². The van der Waals surface area contributed by atoms with Crippen LogP contribution in [-0.2, 0) is 6.54 Å². The number of aromatic nitrogens is 1. The number of hydrogen-bond donors (Lipinski definition) is 0. The van der Waals surface area contributed by atoms with Gasteiger partial charge in [-0.25, -0.2) is 0 Å². The SMILES string of the molecule is C1=CC(Cn2c3ccccc3c3cc(-c4ccccc4)ccc32)=CCC1. The van der Waals surface area contributed by atoms with Crippen molar-refractivity contribution in [2.24, 2.45) is 0 Å². The first-order valence-electron chi connectivity index (χ1n) is 9.32. The lowest BCUT2D eigenvalue weighted by Gasteiger charge is -2.11. The van der Waals surface area contributed by atoms with Crippen LogP contribution in [0.2, 0.25) is 0 Å². The van der Waals surface area contributed by atoms with Gasteiger partial charge in [0.25, 0.3) is 0 Å². The summed E-state index contributed by atoms with van der Waals surface area (Å²) in [7, 11) is 0. The van der Waals surface area contributed by atoms with Crippen molar-refractivity contribution >= 4 is 21.8 Å². The Labute approximate surface area is 153 Å². The molecule has 0 unspecified atom stereocenters. The number of hydrogen-bond acceptors (Lipinski definition) is 0. The van der Waals surface area contributed by atoms with E-state index in [2.05, 4.69) is 95.6 Å². The summed E-state index contributed by atoms with van der Waals surface area (Å²) >= 11 is 0. The fourth-order valence-corrected chi connectivity index (χ4v) is 4.00. The summed E-state index contributed by atoms with van der Waals surface area (Å²) in [6.45, 7) is 0.936. The Morgan fingerprint density at radius 1 is 0.692 bits per heavy atom. The zero-order valence-electron chi connectivity index (χ0n) is 14.7. The highest BCUT2D eigenvalue weighted by Crippen LogP contribution is 2.33. The lowest BCUT2D eigenvalue weighted by Crippen LogP contribution is -2.01. The minimum absolute atomic E-state index is 0.936. The molecule has 1 heteroatoms. The Bertz CT molecular complexity index is 1140. The van der Waals surface area contributed by atoms with Crippen molar-refractivity contribution in [3.05, 3.63) is 96.6 Å². The maximum atomic E-state index is 2.46. The highest BCUT2D eigenvalue weighted by molar-refractivity contribution is 6.09. The molecule has 126 valence electrons. The van der Waals surface area contributed by atoms with Gasteiger partial charge >= 0.3 is 0 Å². The third-order valence-corrected chi connectivity index (χ3v) is 5.29. The molecule has 0 bridgehead atoms. The number of nitrogens with zero attached hydrogens (tertiary/aromatic N) is 1. The Kier molecular flexibility index (Phi) is 3.71. The first kappa shape index (κ1) is 15.2. The van der Waals surface area contributed by atoms with Crippen LogP contribution in [0.5, 0.6) is 0 Å². The Morgan fingerprint density at radius 2 is 1.50 bits per heavy atom. The summed E-state index contributed by atoms with van der Waals surface area (Å²) < 4.78 is 2.46. The molecule has 5 rings (SSSR count). The van der Waals surface area contributed by atoms with E-state index in [1.807, 2.05) is 0 Å². The van der Waals surface area contributed by atoms with Gasteiger partial charge in [0.05, 0.1) is 0 Å². The molecule has 0 aliphatic heterocycles. The number of allylic oxidation sites excluding steroid dienone is 4. The zero-order valence-corrected chi connectivity index (χ0v) is 14.7. The third kappa shape index (κ3) is 2.57. The minimum Gasteiger partial charge on any atom is -0.336 e. The van der Waals surface area contributed by atoms with Crippen LogP contribution < -0.4 is 0 Å². The van der Waals surface area contributed by atoms with E-state index in [4.69, 9.17) is 0 Å². The van der Waals surface area contributed by atoms with Gasteiger partial charge in [0, 0.05) is 28.4 Å². The molecule has 3 aromatic carbocycles. The van der Waals surface area contributed by atoms with Gasteiger partial charge in [-0.15, -0.1) is 0 Å². The molecule has 0 saturated heterocycles. The van der Waals surface area contributed by atoms with Crippen molar-refractivity contribution in [2.45, 2.75) is 19.4 Å². The van der Waals surface area contributed by atoms with Crippen LogP contribution in [0.3, 0.4) is 0 Å².